The predicted molar refractivity (Wildman–Crippen MR) is 44.9 cm³/mol. The van der Waals surface area contributed by atoms with Crippen molar-refractivity contribution in [3.8, 4) is 0 Å². The number of alkyl halides is 6. The van der Waals surface area contributed by atoms with Crippen LogP contribution >= 0.6 is 22.6 Å². The molecule has 0 radical (unpaired) electrons. The molecule has 0 aromatic carbocycles. The molecule has 9 heteroatoms. The fourth-order valence-electron chi connectivity index (χ4n) is 0.743. The molecule has 1 fully saturated rings. The number of halogens is 6. The molecule has 14 heavy (non-hydrogen) atoms. The molecule has 0 aromatic rings. The smallest absolute Gasteiger partial charge is 0.193 e. The Labute approximate surface area is 82.6 Å². The van der Waals surface area contributed by atoms with Crippen LogP contribution in [0.25, 0.3) is 0 Å². The first kappa shape index (κ1) is 12.2. The molecule has 1 unspecified atom stereocenters. The van der Waals surface area contributed by atoms with E-state index in [0.717, 1.165) is 7.05 Å². The summed E-state index contributed by atoms with van der Waals surface area (Å²) in [4.78, 5) is 0. The monoisotopic (exact) mass is 257 g/mol. The first-order chi connectivity index (χ1) is 6.04. The van der Waals surface area contributed by atoms with Gasteiger partial charge in [0.2, 0.25) is 0 Å². The zero-order chi connectivity index (χ0) is 11.4. The molecule has 0 spiro atoms. The standard InChI is InChI=1S/C5H5F6NS2/c1-12-13-4(8,9)3(6,7)5(10,11)14(12)2/h2H2,1H3. The van der Waals surface area contributed by atoms with Crippen molar-refractivity contribution in [2.24, 2.45) is 0 Å². The van der Waals surface area contributed by atoms with Crippen molar-refractivity contribution >= 4 is 28.5 Å². The Hall–Kier alpha value is 0.110. The molecule has 0 amide bonds. The fourth-order valence-corrected chi connectivity index (χ4v) is 3.04. The zero-order valence-corrected chi connectivity index (χ0v) is 8.37. The van der Waals surface area contributed by atoms with Gasteiger partial charge >= 0.3 is 16.4 Å². The van der Waals surface area contributed by atoms with Gasteiger partial charge in [0.15, 0.2) is 0 Å². The zero-order valence-electron chi connectivity index (χ0n) is 6.74. The Morgan fingerprint density at radius 2 is 1.57 bits per heavy atom. The van der Waals surface area contributed by atoms with Crippen LogP contribution in [0.4, 0.5) is 26.3 Å². The first-order valence-electron chi connectivity index (χ1n) is 3.14. The van der Waals surface area contributed by atoms with Crippen molar-refractivity contribution < 1.29 is 26.3 Å². The van der Waals surface area contributed by atoms with Crippen molar-refractivity contribution in [1.82, 2.24) is 3.71 Å². The third-order valence-corrected chi connectivity index (χ3v) is 4.56. The van der Waals surface area contributed by atoms with Crippen molar-refractivity contribution in [1.29, 1.82) is 0 Å². The molecule has 1 saturated heterocycles. The molecular formula is C5H5F6NS2. The number of rotatable bonds is 0. The fraction of sp³-hybridized carbons (Fsp3) is 0.800. The maximum absolute atomic E-state index is 12.8. The normalized spacial score (nSPS) is 35.5. The second kappa shape index (κ2) is 3.05. The van der Waals surface area contributed by atoms with E-state index in [2.05, 4.69) is 5.87 Å². The van der Waals surface area contributed by atoms with Crippen LogP contribution < -0.4 is 0 Å². The summed E-state index contributed by atoms with van der Waals surface area (Å²) in [5, 5.41) is -9.64. The largest absolute Gasteiger partial charge is 0.393 e. The van der Waals surface area contributed by atoms with Gasteiger partial charge in [0, 0.05) is 19.0 Å². The number of nitrogens with zero attached hydrogens (tertiary/aromatic N) is 1. The minimum absolute atomic E-state index is 0.359. The molecule has 1 heterocycles. The van der Waals surface area contributed by atoms with Gasteiger partial charge in [-0.05, 0) is 10.7 Å². The Morgan fingerprint density at radius 1 is 1.14 bits per heavy atom. The lowest BCUT2D eigenvalue weighted by Crippen LogP contribution is -2.56. The average molecular weight is 257 g/mol. The third-order valence-electron chi connectivity index (χ3n) is 1.58. The summed E-state index contributed by atoms with van der Waals surface area (Å²) < 4.78 is 76.3. The van der Waals surface area contributed by atoms with Gasteiger partial charge in [0.25, 0.3) is 0 Å². The number of hydrogen-bond acceptors (Lipinski definition) is 2. The molecule has 0 saturated carbocycles. The Kier molecular flexibility index (Phi) is 2.65. The summed E-state index contributed by atoms with van der Waals surface area (Å²) in [5.74, 6) is -2.61. The highest BCUT2D eigenvalue weighted by atomic mass is 32.2. The quantitative estimate of drug-likeness (QED) is 0.373. The second-order valence-electron chi connectivity index (χ2n) is 2.50. The van der Waals surface area contributed by atoms with E-state index >= 15 is 0 Å². The van der Waals surface area contributed by atoms with Crippen LogP contribution in [0.3, 0.4) is 0 Å². The van der Waals surface area contributed by atoms with Gasteiger partial charge in [-0.15, -0.1) is 0 Å². The Morgan fingerprint density at radius 3 is 2.00 bits per heavy atom. The summed E-state index contributed by atoms with van der Waals surface area (Å²) in [6, 6.07) is 0. The van der Waals surface area contributed by atoms with E-state index in [1.54, 1.807) is 0 Å². The van der Waals surface area contributed by atoms with E-state index in [4.69, 9.17) is 0 Å². The summed E-state index contributed by atoms with van der Waals surface area (Å²) in [7, 11) is -1.61. The van der Waals surface area contributed by atoms with E-state index in [1.165, 1.54) is 0 Å². The van der Waals surface area contributed by atoms with Gasteiger partial charge in [-0.3, -0.25) is 0 Å². The lowest BCUT2D eigenvalue weighted by molar-refractivity contribution is -0.241. The lowest BCUT2D eigenvalue weighted by Gasteiger charge is -2.41. The van der Waals surface area contributed by atoms with Gasteiger partial charge in [-0.1, -0.05) is 5.87 Å². The molecule has 1 atom stereocenters. The molecule has 1 aliphatic rings. The summed E-state index contributed by atoms with van der Waals surface area (Å²) in [6.45, 7) is 0. The van der Waals surface area contributed by atoms with Crippen LogP contribution in [0.2, 0.25) is 0 Å². The Balaban J connectivity index is 3.22. The van der Waals surface area contributed by atoms with Crippen molar-refractivity contribution in [2.75, 3.05) is 7.05 Å². The van der Waals surface area contributed by atoms with E-state index in [9.17, 15) is 26.3 Å². The van der Waals surface area contributed by atoms with Gasteiger partial charge in [-0.25, -0.2) is 0 Å². The van der Waals surface area contributed by atoms with Crippen LogP contribution in [0.5, 0.6) is 0 Å². The van der Waals surface area contributed by atoms with Crippen LogP contribution in [0.1, 0.15) is 0 Å². The van der Waals surface area contributed by atoms with Crippen molar-refractivity contribution in [3.63, 3.8) is 0 Å². The molecule has 1 nitrogen and oxygen atoms in total. The van der Waals surface area contributed by atoms with E-state index in [-0.39, 0.29) is 0 Å². The maximum Gasteiger partial charge on any atom is 0.393 e. The minimum atomic E-state index is -5.37. The second-order valence-corrected chi connectivity index (χ2v) is 5.77. The number of hydrogen-bond donors (Lipinski definition) is 0. The predicted octanol–water partition coefficient (Wildman–Crippen LogP) is 3.02. The summed E-state index contributed by atoms with van der Waals surface area (Å²) in [6.07, 6.45) is 0. The lowest BCUT2D eigenvalue weighted by atomic mass is 10.3. The van der Waals surface area contributed by atoms with Crippen molar-refractivity contribution in [2.45, 2.75) is 16.4 Å². The molecule has 84 valence electrons. The van der Waals surface area contributed by atoms with E-state index in [1.807, 2.05) is 0 Å². The molecule has 1 aliphatic heterocycles. The molecule has 0 bridgehead atoms. The SMILES string of the molecule is C=S1N(C)SC(F)(F)C(F)(F)C1(F)F. The summed E-state index contributed by atoms with van der Waals surface area (Å²) in [5.41, 5.74) is 0. The van der Waals surface area contributed by atoms with E-state index in [0.29, 0.717) is 3.71 Å². The van der Waals surface area contributed by atoms with Gasteiger partial charge in [-0.2, -0.15) is 30.1 Å². The highest BCUT2D eigenvalue weighted by molar-refractivity contribution is 8.22. The van der Waals surface area contributed by atoms with Gasteiger partial charge in [0.1, 0.15) is 0 Å². The first-order valence-corrected chi connectivity index (χ1v) is 5.27. The van der Waals surface area contributed by atoms with Crippen LogP contribution in [0, 0.1) is 0 Å². The molecule has 0 N–H and O–H groups in total. The average Bonchev–Trinajstić information content (AvgIpc) is 1.99. The molecule has 1 rings (SSSR count). The summed E-state index contributed by atoms with van der Waals surface area (Å²) >= 11 is -0.619. The topological polar surface area (TPSA) is 3.24 Å². The Bertz CT molecular complexity index is 277. The van der Waals surface area contributed by atoms with E-state index < -0.39 is 39.0 Å². The third kappa shape index (κ3) is 1.36. The molecular weight excluding hydrogens is 252 g/mol. The van der Waals surface area contributed by atoms with Crippen LogP contribution in [-0.4, -0.2) is 33.1 Å². The van der Waals surface area contributed by atoms with Gasteiger partial charge in [0.05, 0.1) is 0 Å². The highest BCUT2D eigenvalue weighted by Gasteiger charge is 2.77. The maximum atomic E-state index is 12.8. The van der Waals surface area contributed by atoms with Gasteiger partial charge < -0.3 is 0 Å². The molecule has 0 aliphatic carbocycles. The molecule has 0 aromatic heterocycles. The minimum Gasteiger partial charge on any atom is -0.193 e. The van der Waals surface area contributed by atoms with Crippen molar-refractivity contribution in [3.05, 3.63) is 0 Å². The van der Waals surface area contributed by atoms with Crippen LogP contribution in [-0.2, 0) is 0 Å². The highest BCUT2D eigenvalue weighted by Crippen LogP contribution is 2.64. The van der Waals surface area contributed by atoms with Crippen LogP contribution in [0.15, 0.2) is 0 Å².